The van der Waals surface area contributed by atoms with Gasteiger partial charge in [-0.15, -0.1) is 0 Å². The van der Waals surface area contributed by atoms with E-state index in [0.717, 1.165) is 20.9 Å². The Hall–Kier alpha value is -1.25. The summed E-state index contributed by atoms with van der Waals surface area (Å²) < 4.78 is 12.4. The van der Waals surface area contributed by atoms with Crippen LogP contribution in [0.2, 0.25) is 0 Å². The van der Waals surface area contributed by atoms with Gasteiger partial charge in [0, 0.05) is 28.2 Å². The van der Waals surface area contributed by atoms with Crippen LogP contribution in [0.1, 0.15) is 25.3 Å². The van der Waals surface area contributed by atoms with E-state index in [1.165, 1.54) is 0 Å². The van der Waals surface area contributed by atoms with Gasteiger partial charge in [-0.3, -0.25) is 0 Å². The lowest BCUT2D eigenvalue weighted by Gasteiger charge is -2.26. The SMILES string of the molecule is C=CC1=C(/C=C\C)C(C)c2ccccc2[S+]1[O-]. The zero-order valence-electron chi connectivity index (χ0n) is 10.1. The Bertz CT molecular complexity index is 499. The van der Waals surface area contributed by atoms with Crippen LogP contribution in [0.3, 0.4) is 0 Å². The first-order valence-corrected chi connectivity index (χ1v) is 6.85. The molecule has 0 amide bonds. The second kappa shape index (κ2) is 4.94. The lowest BCUT2D eigenvalue weighted by atomic mass is 9.91. The summed E-state index contributed by atoms with van der Waals surface area (Å²) in [6.45, 7) is 7.91. The van der Waals surface area contributed by atoms with Crippen LogP contribution >= 0.6 is 0 Å². The molecule has 1 aliphatic heterocycles. The second-order valence-electron chi connectivity index (χ2n) is 4.05. The molecule has 2 atom stereocenters. The fourth-order valence-corrected chi connectivity index (χ4v) is 3.72. The van der Waals surface area contributed by atoms with Gasteiger partial charge in [-0.1, -0.05) is 43.9 Å². The van der Waals surface area contributed by atoms with E-state index in [9.17, 15) is 4.55 Å². The van der Waals surface area contributed by atoms with Gasteiger partial charge in [-0.2, -0.15) is 0 Å². The average Bonchev–Trinajstić information content (AvgIpc) is 2.36. The maximum absolute atomic E-state index is 12.4. The van der Waals surface area contributed by atoms with Crippen molar-refractivity contribution < 1.29 is 4.55 Å². The highest BCUT2D eigenvalue weighted by molar-refractivity contribution is 7.95. The van der Waals surface area contributed by atoms with Crippen molar-refractivity contribution in [3.8, 4) is 0 Å². The van der Waals surface area contributed by atoms with Crippen LogP contribution in [-0.2, 0) is 11.2 Å². The van der Waals surface area contributed by atoms with E-state index in [2.05, 4.69) is 19.6 Å². The van der Waals surface area contributed by atoms with Crippen LogP contribution in [0, 0.1) is 0 Å². The maximum atomic E-state index is 12.4. The molecule has 0 radical (unpaired) electrons. The summed E-state index contributed by atoms with van der Waals surface area (Å²) in [7, 11) is 0. The molecule has 17 heavy (non-hydrogen) atoms. The van der Waals surface area contributed by atoms with Crippen molar-refractivity contribution in [1.82, 2.24) is 0 Å². The molecule has 1 aromatic carbocycles. The third-order valence-corrected chi connectivity index (χ3v) is 4.64. The van der Waals surface area contributed by atoms with E-state index >= 15 is 0 Å². The summed E-state index contributed by atoms with van der Waals surface area (Å²) in [4.78, 5) is 1.76. The molecule has 88 valence electrons. The fourth-order valence-electron chi connectivity index (χ4n) is 2.21. The van der Waals surface area contributed by atoms with E-state index in [0.29, 0.717) is 0 Å². The molecule has 2 rings (SSSR count). The predicted octanol–water partition coefficient (Wildman–Crippen LogP) is 3.93. The zero-order valence-corrected chi connectivity index (χ0v) is 11.0. The van der Waals surface area contributed by atoms with E-state index in [1.54, 1.807) is 6.08 Å². The normalized spacial score (nSPS) is 23.9. The van der Waals surface area contributed by atoms with Gasteiger partial charge in [0.25, 0.3) is 0 Å². The minimum absolute atomic E-state index is 0.271. The Balaban J connectivity index is 2.63. The van der Waals surface area contributed by atoms with Crippen LogP contribution < -0.4 is 0 Å². The molecule has 0 saturated heterocycles. The van der Waals surface area contributed by atoms with Gasteiger partial charge in [0.05, 0.1) is 0 Å². The number of benzene rings is 1. The Morgan fingerprint density at radius 1 is 1.35 bits per heavy atom. The Labute approximate surface area is 106 Å². The summed E-state index contributed by atoms with van der Waals surface area (Å²) in [6, 6.07) is 7.93. The van der Waals surface area contributed by atoms with Crippen molar-refractivity contribution in [2.45, 2.75) is 24.7 Å². The van der Waals surface area contributed by atoms with E-state index in [1.807, 2.05) is 37.3 Å². The molecule has 0 aliphatic carbocycles. The zero-order chi connectivity index (χ0) is 12.4. The topological polar surface area (TPSA) is 23.1 Å². The first-order chi connectivity index (χ1) is 8.20. The first-order valence-electron chi connectivity index (χ1n) is 5.70. The predicted molar refractivity (Wildman–Crippen MR) is 73.3 cm³/mol. The molecule has 1 nitrogen and oxygen atoms in total. The molecular formula is C15H16OS. The van der Waals surface area contributed by atoms with Gasteiger partial charge in [0.15, 0.2) is 9.80 Å². The Morgan fingerprint density at radius 3 is 2.71 bits per heavy atom. The first kappa shape index (κ1) is 12.2. The van der Waals surface area contributed by atoms with Crippen molar-refractivity contribution in [3.63, 3.8) is 0 Å². The maximum Gasteiger partial charge on any atom is 0.162 e. The number of hydrogen-bond donors (Lipinski definition) is 0. The lowest BCUT2D eigenvalue weighted by Crippen LogP contribution is -2.17. The van der Waals surface area contributed by atoms with Crippen molar-refractivity contribution in [1.29, 1.82) is 0 Å². The van der Waals surface area contributed by atoms with Gasteiger partial charge < -0.3 is 4.55 Å². The summed E-state index contributed by atoms with van der Waals surface area (Å²) in [6.07, 6.45) is 5.74. The highest BCUT2D eigenvalue weighted by atomic mass is 32.2. The molecule has 0 saturated carbocycles. The quantitative estimate of drug-likeness (QED) is 0.723. The fraction of sp³-hybridized carbons (Fsp3) is 0.200. The van der Waals surface area contributed by atoms with Crippen LogP contribution in [0.15, 0.2) is 64.4 Å². The van der Waals surface area contributed by atoms with Gasteiger partial charge in [0.1, 0.15) is 0 Å². The molecule has 1 aliphatic rings. The lowest BCUT2D eigenvalue weighted by molar-refractivity contribution is 0.597. The Kier molecular flexibility index (Phi) is 3.55. The summed E-state index contributed by atoms with van der Waals surface area (Å²) in [5, 5.41) is 0. The van der Waals surface area contributed by atoms with Crippen LogP contribution in [0.5, 0.6) is 0 Å². The van der Waals surface area contributed by atoms with Crippen molar-refractivity contribution in [2.75, 3.05) is 0 Å². The largest absolute Gasteiger partial charge is 0.606 e. The third kappa shape index (κ3) is 1.99. The van der Waals surface area contributed by atoms with Gasteiger partial charge in [-0.25, -0.2) is 0 Å². The number of allylic oxidation sites excluding steroid dienone is 4. The second-order valence-corrected chi connectivity index (χ2v) is 5.47. The van der Waals surface area contributed by atoms with Crippen molar-refractivity contribution in [3.05, 3.63) is 65.1 Å². The van der Waals surface area contributed by atoms with Crippen molar-refractivity contribution >= 4 is 11.2 Å². The van der Waals surface area contributed by atoms with Crippen LogP contribution in [-0.4, -0.2) is 4.55 Å². The Morgan fingerprint density at radius 2 is 2.06 bits per heavy atom. The molecule has 0 bridgehead atoms. The summed E-state index contributed by atoms with van der Waals surface area (Å²) in [5.41, 5.74) is 2.27. The highest BCUT2D eigenvalue weighted by Gasteiger charge is 2.32. The molecule has 0 aromatic heterocycles. The molecule has 2 heteroatoms. The van der Waals surface area contributed by atoms with Gasteiger partial charge >= 0.3 is 0 Å². The van der Waals surface area contributed by atoms with E-state index < -0.39 is 11.2 Å². The standard InChI is InChI=1S/C15H16OS/c1-4-8-12-11(3)13-9-6-7-10-15(13)17(16)14(12)5-2/h4-11H,2H2,1,3H3/b8-4-. The average molecular weight is 244 g/mol. The third-order valence-electron chi connectivity index (χ3n) is 3.07. The van der Waals surface area contributed by atoms with Crippen LogP contribution in [0.4, 0.5) is 0 Å². The van der Waals surface area contributed by atoms with Gasteiger partial charge in [0.2, 0.25) is 0 Å². The molecule has 2 unspecified atom stereocenters. The summed E-state index contributed by atoms with van der Waals surface area (Å²) >= 11 is -1.09. The molecular weight excluding hydrogens is 228 g/mol. The molecule has 0 spiro atoms. The monoisotopic (exact) mass is 244 g/mol. The van der Waals surface area contributed by atoms with Crippen LogP contribution in [0.25, 0.3) is 0 Å². The minimum atomic E-state index is -1.09. The number of fused-ring (bicyclic) bond motifs is 1. The summed E-state index contributed by atoms with van der Waals surface area (Å²) in [5.74, 6) is 0.271. The highest BCUT2D eigenvalue weighted by Crippen LogP contribution is 2.41. The molecule has 0 fully saturated rings. The van der Waals surface area contributed by atoms with E-state index in [4.69, 9.17) is 0 Å². The molecule has 0 N–H and O–H groups in total. The smallest absolute Gasteiger partial charge is 0.162 e. The van der Waals surface area contributed by atoms with Gasteiger partial charge in [-0.05, 0) is 19.1 Å². The molecule has 1 heterocycles. The number of hydrogen-bond acceptors (Lipinski definition) is 1. The number of rotatable bonds is 2. The van der Waals surface area contributed by atoms with E-state index in [-0.39, 0.29) is 5.92 Å². The van der Waals surface area contributed by atoms with Crippen molar-refractivity contribution in [2.24, 2.45) is 0 Å². The minimum Gasteiger partial charge on any atom is -0.606 e. The molecule has 1 aromatic rings.